The Hall–Kier alpha value is -1.83. The molecule has 2 aliphatic carbocycles. The van der Waals surface area contributed by atoms with Crippen LogP contribution >= 0.6 is 0 Å². The van der Waals surface area contributed by atoms with Crippen molar-refractivity contribution >= 4 is 10.8 Å². The van der Waals surface area contributed by atoms with Gasteiger partial charge in [0.05, 0.1) is 0 Å². The number of halogens is 1. The predicted molar refractivity (Wildman–Crippen MR) is 106 cm³/mol. The molecule has 2 fully saturated rings. The highest BCUT2D eigenvalue weighted by molar-refractivity contribution is 5.85. The third-order valence-corrected chi connectivity index (χ3v) is 6.65. The maximum Gasteiger partial charge on any atom is 0.172 e. The summed E-state index contributed by atoms with van der Waals surface area (Å²) in [4.78, 5) is 0. The molecular weight excluding hydrogens is 323 g/mol. The van der Waals surface area contributed by atoms with Gasteiger partial charge in [0.15, 0.2) is 11.6 Å². The van der Waals surface area contributed by atoms with Crippen molar-refractivity contribution < 1.29 is 9.13 Å². The van der Waals surface area contributed by atoms with Crippen molar-refractivity contribution in [2.75, 3.05) is 6.61 Å². The molecule has 2 aromatic rings. The second kappa shape index (κ2) is 7.42. The summed E-state index contributed by atoms with van der Waals surface area (Å²) < 4.78 is 20.1. The molecule has 0 amide bonds. The first-order valence-electron chi connectivity index (χ1n) is 10.1. The van der Waals surface area contributed by atoms with E-state index in [0.717, 1.165) is 23.1 Å². The van der Waals surface area contributed by atoms with Crippen LogP contribution < -0.4 is 4.74 Å². The van der Waals surface area contributed by atoms with Crippen molar-refractivity contribution in [1.29, 1.82) is 0 Å². The standard InChI is InChI=1S/C24H29FO/c1-3-12-26-23-11-9-21-15-20(8-10-22(21)24(23)25)19-7-6-17-13-16(2)4-5-18(17)14-19/h3,8-11,15-19H,1,4-7,12-14H2,2H3/t16?,17-,18?,19-/m1/s1. The van der Waals surface area contributed by atoms with Gasteiger partial charge in [-0.15, -0.1) is 0 Å². The van der Waals surface area contributed by atoms with E-state index < -0.39 is 0 Å². The van der Waals surface area contributed by atoms with E-state index in [-0.39, 0.29) is 5.82 Å². The van der Waals surface area contributed by atoms with Gasteiger partial charge in [-0.3, -0.25) is 0 Å². The summed E-state index contributed by atoms with van der Waals surface area (Å²) in [5.74, 6) is 3.43. The maximum absolute atomic E-state index is 14.7. The first kappa shape index (κ1) is 17.6. The molecule has 26 heavy (non-hydrogen) atoms. The molecule has 0 N–H and O–H groups in total. The lowest BCUT2D eigenvalue weighted by Crippen LogP contribution is -2.29. The summed E-state index contributed by atoms with van der Waals surface area (Å²) in [5.41, 5.74) is 1.38. The largest absolute Gasteiger partial charge is 0.486 e. The monoisotopic (exact) mass is 352 g/mol. The van der Waals surface area contributed by atoms with Crippen molar-refractivity contribution in [2.24, 2.45) is 17.8 Å². The van der Waals surface area contributed by atoms with E-state index in [4.69, 9.17) is 4.74 Å². The minimum absolute atomic E-state index is 0.263. The summed E-state index contributed by atoms with van der Waals surface area (Å²) in [6.45, 7) is 6.35. The van der Waals surface area contributed by atoms with Crippen LogP contribution in [0.3, 0.4) is 0 Å². The predicted octanol–water partition coefficient (Wildman–Crippen LogP) is 6.86. The van der Waals surface area contributed by atoms with Crippen molar-refractivity contribution in [3.8, 4) is 5.75 Å². The van der Waals surface area contributed by atoms with Gasteiger partial charge in [0.2, 0.25) is 0 Å². The van der Waals surface area contributed by atoms with Crippen LogP contribution in [0.4, 0.5) is 4.39 Å². The number of benzene rings is 2. The molecular formula is C24H29FO. The van der Waals surface area contributed by atoms with E-state index in [0.29, 0.717) is 23.7 Å². The van der Waals surface area contributed by atoms with Crippen LogP contribution in [-0.4, -0.2) is 6.61 Å². The highest BCUT2D eigenvalue weighted by Gasteiger charge is 2.34. The quantitative estimate of drug-likeness (QED) is 0.546. The summed E-state index contributed by atoms with van der Waals surface area (Å²) >= 11 is 0. The molecule has 2 unspecified atom stereocenters. The van der Waals surface area contributed by atoms with Gasteiger partial charge in [0, 0.05) is 5.39 Å². The van der Waals surface area contributed by atoms with E-state index in [2.05, 4.69) is 25.6 Å². The molecule has 2 aromatic carbocycles. The fourth-order valence-corrected chi connectivity index (χ4v) is 5.23. The Bertz CT molecular complexity index is 796. The summed E-state index contributed by atoms with van der Waals surface area (Å²) in [5, 5.41) is 1.63. The Morgan fingerprint density at radius 3 is 2.73 bits per heavy atom. The van der Waals surface area contributed by atoms with Crippen LogP contribution in [0.1, 0.15) is 56.9 Å². The summed E-state index contributed by atoms with van der Waals surface area (Å²) in [6.07, 6.45) is 9.80. The van der Waals surface area contributed by atoms with Gasteiger partial charge in [-0.25, -0.2) is 4.39 Å². The van der Waals surface area contributed by atoms with Crippen LogP contribution in [-0.2, 0) is 0 Å². The van der Waals surface area contributed by atoms with Gasteiger partial charge in [0.1, 0.15) is 6.61 Å². The van der Waals surface area contributed by atoms with E-state index in [9.17, 15) is 4.39 Å². The fourth-order valence-electron chi connectivity index (χ4n) is 5.23. The first-order chi connectivity index (χ1) is 12.7. The SMILES string of the molecule is C=CCOc1ccc2cc([C@@H]3CC[C@@H]4CC(C)CCC4C3)ccc2c1F. The van der Waals surface area contributed by atoms with Crippen LogP contribution in [0.15, 0.2) is 43.0 Å². The molecule has 0 aromatic heterocycles. The van der Waals surface area contributed by atoms with Gasteiger partial charge in [0.25, 0.3) is 0 Å². The normalized spacial score (nSPS) is 28.5. The maximum atomic E-state index is 14.7. The third kappa shape index (κ3) is 3.39. The number of hydrogen-bond donors (Lipinski definition) is 0. The molecule has 4 atom stereocenters. The van der Waals surface area contributed by atoms with Crippen LogP contribution in [0.5, 0.6) is 5.75 Å². The summed E-state index contributed by atoms with van der Waals surface area (Å²) in [7, 11) is 0. The average Bonchev–Trinajstić information content (AvgIpc) is 2.67. The molecule has 138 valence electrons. The molecule has 1 nitrogen and oxygen atoms in total. The topological polar surface area (TPSA) is 9.23 Å². The highest BCUT2D eigenvalue weighted by atomic mass is 19.1. The Kier molecular flexibility index (Phi) is 5.02. The third-order valence-electron chi connectivity index (χ3n) is 6.65. The Morgan fingerprint density at radius 2 is 1.88 bits per heavy atom. The Labute approximate surface area is 156 Å². The van der Waals surface area contributed by atoms with Crippen molar-refractivity contribution in [3.63, 3.8) is 0 Å². The van der Waals surface area contributed by atoms with Crippen LogP contribution in [0.2, 0.25) is 0 Å². The second-order valence-corrected chi connectivity index (χ2v) is 8.41. The van der Waals surface area contributed by atoms with E-state index in [1.165, 1.54) is 44.1 Å². The first-order valence-corrected chi connectivity index (χ1v) is 10.1. The van der Waals surface area contributed by atoms with E-state index in [1.807, 2.05) is 12.1 Å². The molecule has 0 bridgehead atoms. The van der Waals surface area contributed by atoms with Gasteiger partial charge in [-0.1, -0.05) is 50.3 Å². The average molecular weight is 352 g/mol. The lowest BCUT2D eigenvalue weighted by molar-refractivity contribution is 0.124. The van der Waals surface area contributed by atoms with Crippen molar-refractivity contribution in [2.45, 2.75) is 51.4 Å². The number of fused-ring (bicyclic) bond motifs is 2. The number of hydrogen-bond acceptors (Lipinski definition) is 1. The summed E-state index contributed by atoms with van der Waals surface area (Å²) in [6, 6.07) is 10.00. The number of rotatable bonds is 4. The molecule has 0 radical (unpaired) electrons. The number of ether oxygens (including phenoxy) is 1. The van der Waals surface area contributed by atoms with Gasteiger partial charge >= 0.3 is 0 Å². The van der Waals surface area contributed by atoms with Gasteiger partial charge in [-0.05, 0) is 72.8 Å². The lowest BCUT2D eigenvalue weighted by atomic mass is 9.64. The zero-order chi connectivity index (χ0) is 18.1. The van der Waals surface area contributed by atoms with Gasteiger partial charge in [-0.2, -0.15) is 0 Å². The fraction of sp³-hybridized carbons (Fsp3) is 0.500. The van der Waals surface area contributed by atoms with Gasteiger partial charge < -0.3 is 4.74 Å². The van der Waals surface area contributed by atoms with E-state index >= 15 is 0 Å². The lowest BCUT2D eigenvalue weighted by Gasteiger charge is -2.41. The smallest absolute Gasteiger partial charge is 0.172 e. The zero-order valence-electron chi connectivity index (χ0n) is 15.7. The molecule has 2 saturated carbocycles. The van der Waals surface area contributed by atoms with Crippen molar-refractivity contribution in [3.05, 3.63) is 54.4 Å². The van der Waals surface area contributed by atoms with Crippen LogP contribution in [0.25, 0.3) is 10.8 Å². The minimum Gasteiger partial charge on any atom is -0.486 e. The molecule has 0 aliphatic heterocycles. The molecule has 0 spiro atoms. The second-order valence-electron chi connectivity index (χ2n) is 8.41. The molecule has 0 saturated heterocycles. The molecule has 2 aliphatic rings. The highest BCUT2D eigenvalue weighted by Crippen LogP contribution is 2.47. The Morgan fingerprint density at radius 1 is 1.08 bits per heavy atom. The molecule has 0 heterocycles. The zero-order valence-corrected chi connectivity index (χ0v) is 15.7. The molecule has 4 rings (SSSR count). The van der Waals surface area contributed by atoms with Crippen molar-refractivity contribution in [1.82, 2.24) is 0 Å². The minimum atomic E-state index is -0.263. The van der Waals surface area contributed by atoms with Crippen LogP contribution in [0, 0.1) is 23.6 Å². The Balaban J connectivity index is 1.55. The molecule has 2 heteroatoms. The van der Waals surface area contributed by atoms with E-state index in [1.54, 1.807) is 12.1 Å².